The second-order valence-corrected chi connectivity index (χ2v) is 5.84. The van der Waals surface area contributed by atoms with Gasteiger partial charge in [-0.1, -0.05) is 26.2 Å². The predicted molar refractivity (Wildman–Crippen MR) is 64.8 cm³/mol. The Hall–Kier alpha value is -0.0800. The van der Waals surface area contributed by atoms with Gasteiger partial charge in [0.1, 0.15) is 0 Å². The molecular formula is C13H26N2. The summed E-state index contributed by atoms with van der Waals surface area (Å²) in [6, 6.07) is 0.904. The highest BCUT2D eigenvalue weighted by molar-refractivity contribution is 4.86. The lowest BCUT2D eigenvalue weighted by atomic mass is 9.79. The quantitative estimate of drug-likeness (QED) is 0.758. The maximum absolute atomic E-state index is 5.84. The lowest BCUT2D eigenvalue weighted by Crippen LogP contribution is -2.47. The van der Waals surface area contributed by atoms with Crippen molar-refractivity contribution in [2.24, 2.45) is 11.1 Å². The first-order chi connectivity index (χ1) is 7.23. The molecule has 0 aromatic rings. The first-order valence-corrected chi connectivity index (χ1v) is 6.68. The minimum Gasteiger partial charge on any atom is -0.330 e. The van der Waals surface area contributed by atoms with Gasteiger partial charge in [-0.05, 0) is 50.7 Å². The Kier molecular flexibility index (Phi) is 3.68. The average molecular weight is 210 g/mol. The summed E-state index contributed by atoms with van der Waals surface area (Å²) in [6.45, 7) is 5.80. The molecule has 1 aliphatic heterocycles. The molecule has 1 heterocycles. The van der Waals surface area contributed by atoms with Gasteiger partial charge in [-0.15, -0.1) is 0 Å². The van der Waals surface area contributed by atoms with Gasteiger partial charge in [-0.2, -0.15) is 0 Å². The van der Waals surface area contributed by atoms with E-state index >= 15 is 0 Å². The summed E-state index contributed by atoms with van der Waals surface area (Å²) in [5, 5.41) is 0. The summed E-state index contributed by atoms with van der Waals surface area (Å²) in [6.07, 6.45) is 9.87. The number of likely N-dealkylation sites (tertiary alicyclic amines) is 1. The number of nitrogens with two attached hydrogens (primary N) is 1. The number of hydrogen-bond donors (Lipinski definition) is 1. The predicted octanol–water partition coefficient (Wildman–Crippen LogP) is 2.38. The van der Waals surface area contributed by atoms with E-state index in [1.807, 2.05) is 0 Å². The van der Waals surface area contributed by atoms with E-state index in [0.29, 0.717) is 5.41 Å². The topological polar surface area (TPSA) is 29.3 Å². The number of rotatable bonds is 2. The Labute approximate surface area is 94.2 Å². The van der Waals surface area contributed by atoms with Crippen molar-refractivity contribution in [2.75, 3.05) is 19.6 Å². The van der Waals surface area contributed by atoms with Crippen molar-refractivity contribution in [1.29, 1.82) is 0 Å². The molecule has 1 aliphatic carbocycles. The highest BCUT2D eigenvalue weighted by atomic mass is 15.2. The lowest BCUT2D eigenvalue weighted by Gasteiger charge is -2.43. The molecule has 2 aliphatic rings. The molecule has 0 aromatic carbocycles. The fraction of sp³-hybridized carbons (Fsp3) is 1.00. The van der Waals surface area contributed by atoms with Crippen LogP contribution in [0.15, 0.2) is 0 Å². The molecule has 0 aromatic heterocycles. The van der Waals surface area contributed by atoms with Gasteiger partial charge in [0.25, 0.3) is 0 Å². The Balaban J connectivity index is 1.82. The van der Waals surface area contributed by atoms with Gasteiger partial charge in [-0.25, -0.2) is 0 Å². The molecule has 0 unspecified atom stereocenters. The van der Waals surface area contributed by atoms with Gasteiger partial charge in [0.2, 0.25) is 0 Å². The van der Waals surface area contributed by atoms with E-state index in [9.17, 15) is 0 Å². The molecule has 15 heavy (non-hydrogen) atoms. The lowest BCUT2D eigenvalue weighted by molar-refractivity contribution is 0.0716. The molecule has 88 valence electrons. The fourth-order valence-electron chi connectivity index (χ4n) is 3.08. The molecule has 2 rings (SSSR count). The van der Waals surface area contributed by atoms with Crippen LogP contribution in [0.3, 0.4) is 0 Å². The minimum atomic E-state index is 0.436. The Morgan fingerprint density at radius 2 is 1.73 bits per heavy atom. The highest BCUT2D eigenvalue weighted by Gasteiger charge is 2.31. The first kappa shape index (κ1) is 11.4. The van der Waals surface area contributed by atoms with Gasteiger partial charge >= 0.3 is 0 Å². The van der Waals surface area contributed by atoms with Crippen molar-refractivity contribution in [1.82, 2.24) is 4.90 Å². The molecule has 0 radical (unpaired) electrons. The summed E-state index contributed by atoms with van der Waals surface area (Å²) in [5.74, 6) is 0. The van der Waals surface area contributed by atoms with E-state index in [-0.39, 0.29) is 0 Å². The van der Waals surface area contributed by atoms with Crippen LogP contribution in [0.1, 0.15) is 51.9 Å². The van der Waals surface area contributed by atoms with Gasteiger partial charge < -0.3 is 10.6 Å². The zero-order chi connectivity index (χ0) is 10.7. The summed E-state index contributed by atoms with van der Waals surface area (Å²) >= 11 is 0. The molecule has 2 nitrogen and oxygen atoms in total. The van der Waals surface area contributed by atoms with Crippen LogP contribution in [0.4, 0.5) is 0 Å². The fourth-order valence-corrected chi connectivity index (χ4v) is 3.08. The third-order valence-electron chi connectivity index (χ3n) is 4.59. The number of nitrogens with zero attached hydrogens (tertiary/aromatic N) is 1. The Morgan fingerprint density at radius 1 is 1.13 bits per heavy atom. The van der Waals surface area contributed by atoms with Crippen LogP contribution in [0.25, 0.3) is 0 Å². The first-order valence-electron chi connectivity index (χ1n) is 6.68. The van der Waals surface area contributed by atoms with E-state index in [4.69, 9.17) is 5.73 Å². The van der Waals surface area contributed by atoms with E-state index in [1.54, 1.807) is 0 Å². The molecule has 0 bridgehead atoms. The monoisotopic (exact) mass is 210 g/mol. The van der Waals surface area contributed by atoms with Crippen molar-refractivity contribution in [3.63, 3.8) is 0 Å². The van der Waals surface area contributed by atoms with E-state index in [1.165, 1.54) is 58.0 Å². The van der Waals surface area contributed by atoms with E-state index in [0.717, 1.165) is 12.6 Å². The van der Waals surface area contributed by atoms with Crippen molar-refractivity contribution in [3.8, 4) is 0 Å². The maximum Gasteiger partial charge on any atom is 0.00952 e. The van der Waals surface area contributed by atoms with E-state index in [2.05, 4.69) is 11.8 Å². The summed E-state index contributed by atoms with van der Waals surface area (Å²) in [7, 11) is 0. The van der Waals surface area contributed by atoms with Crippen LogP contribution < -0.4 is 5.73 Å². The molecule has 1 saturated heterocycles. The SMILES string of the molecule is CC1(CN)CCN(C2CCCCC2)CC1. The van der Waals surface area contributed by atoms with Crippen LogP contribution in [0.2, 0.25) is 0 Å². The van der Waals surface area contributed by atoms with Crippen LogP contribution in [-0.4, -0.2) is 30.6 Å². The molecule has 0 amide bonds. The average Bonchev–Trinajstić information content (AvgIpc) is 2.31. The van der Waals surface area contributed by atoms with Crippen LogP contribution in [0, 0.1) is 5.41 Å². The van der Waals surface area contributed by atoms with Gasteiger partial charge in [0.15, 0.2) is 0 Å². The third kappa shape index (κ3) is 2.73. The van der Waals surface area contributed by atoms with Crippen LogP contribution >= 0.6 is 0 Å². The molecular weight excluding hydrogens is 184 g/mol. The van der Waals surface area contributed by atoms with Crippen molar-refractivity contribution in [3.05, 3.63) is 0 Å². The Bertz CT molecular complexity index is 189. The number of piperidine rings is 1. The molecule has 1 saturated carbocycles. The minimum absolute atomic E-state index is 0.436. The van der Waals surface area contributed by atoms with Gasteiger partial charge in [0.05, 0.1) is 0 Å². The Morgan fingerprint density at radius 3 is 2.27 bits per heavy atom. The second-order valence-electron chi connectivity index (χ2n) is 5.84. The number of hydrogen-bond acceptors (Lipinski definition) is 2. The van der Waals surface area contributed by atoms with Crippen molar-refractivity contribution < 1.29 is 0 Å². The third-order valence-corrected chi connectivity index (χ3v) is 4.59. The standard InChI is InChI=1S/C13H26N2/c1-13(11-14)7-9-15(10-8-13)12-5-3-2-4-6-12/h12H,2-11,14H2,1H3. The van der Waals surface area contributed by atoms with Crippen LogP contribution in [0.5, 0.6) is 0 Å². The normalized spacial score (nSPS) is 29.2. The van der Waals surface area contributed by atoms with E-state index < -0.39 is 0 Å². The summed E-state index contributed by atoms with van der Waals surface area (Å²) < 4.78 is 0. The second kappa shape index (κ2) is 4.84. The van der Waals surface area contributed by atoms with Crippen molar-refractivity contribution in [2.45, 2.75) is 57.9 Å². The maximum atomic E-state index is 5.84. The summed E-state index contributed by atoms with van der Waals surface area (Å²) in [4.78, 5) is 2.73. The summed E-state index contributed by atoms with van der Waals surface area (Å²) in [5.41, 5.74) is 6.28. The molecule has 2 fully saturated rings. The molecule has 0 spiro atoms. The highest BCUT2D eigenvalue weighted by Crippen LogP contribution is 2.33. The zero-order valence-electron chi connectivity index (χ0n) is 10.2. The van der Waals surface area contributed by atoms with Crippen LogP contribution in [-0.2, 0) is 0 Å². The molecule has 0 atom stereocenters. The smallest absolute Gasteiger partial charge is 0.00952 e. The zero-order valence-corrected chi connectivity index (χ0v) is 10.2. The van der Waals surface area contributed by atoms with Crippen molar-refractivity contribution >= 4 is 0 Å². The van der Waals surface area contributed by atoms with Gasteiger partial charge in [0, 0.05) is 6.04 Å². The largest absolute Gasteiger partial charge is 0.330 e. The van der Waals surface area contributed by atoms with Gasteiger partial charge in [-0.3, -0.25) is 0 Å². The molecule has 2 N–H and O–H groups in total. The molecule has 2 heteroatoms.